The van der Waals surface area contributed by atoms with Crippen LogP contribution in [0.3, 0.4) is 0 Å². The molecule has 3 heterocycles. The zero-order chi connectivity index (χ0) is 21.3. The van der Waals surface area contributed by atoms with Crippen molar-refractivity contribution in [1.29, 1.82) is 0 Å². The van der Waals surface area contributed by atoms with Gasteiger partial charge >= 0.3 is 0 Å². The van der Waals surface area contributed by atoms with Crippen molar-refractivity contribution in [3.63, 3.8) is 0 Å². The minimum Gasteiger partial charge on any atom is -0.476 e. The van der Waals surface area contributed by atoms with Crippen LogP contribution >= 0.6 is 11.8 Å². The molecular formula is C19H26N6O4S. The molecule has 10 nitrogen and oxygen atoms in total. The van der Waals surface area contributed by atoms with Gasteiger partial charge in [0.15, 0.2) is 11.0 Å². The molecule has 30 heavy (non-hydrogen) atoms. The molecule has 1 N–H and O–H groups in total. The molecule has 0 aromatic carbocycles. The number of methoxy groups -OCH3 is 1. The maximum absolute atomic E-state index is 12.2. The third-order valence-electron chi connectivity index (χ3n) is 4.18. The Hall–Kier alpha value is -2.79. The molecule has 0 aliphatic heterocycles. The number of hydrogen-bond donors (Lipinski definition) is 1. The van der Waals surface area contributed by atoms with Gasteiger partial charge in [-0.2, -0.15) is 0 Å². The van der Waals surface area contributed by atoms with Gasteiger partial charge in [-0.15, -0.1) is 15.3 Å². The SMILES string of the molecule is CCOc1nn(CC)cc1-c1nnc(SCC(=O)NCc2ccco2)n1CCOC. The van der Waals surface area contributed by atoms with Crippen LogP contribution in [-0.2, 0) is 29.2 Å². The fourth-order valence-corrected chi connectivity index (χ4v) is 3.52. The molecular weight excluding hydrogens is 408 g/mol. The van der Waals surface area contributed by atoms with Crippen molar-refractivity contribution in [3.8, 4) is 17.3 Å². The van der Waals surface area contributed by atoms with Crippen molar-refractivity contribution in [2.24, 2.45) is 0 Å². The Morgan fingerprint density at radius 1 is 1.33 bits per heavy atom. The Bertz CT molecular complexity index is 937. The van der Waals surface area contributed by atoms with E-state index < -0.39 is 0 Å². The van der Waals surface area contributed by atoms with Crippen molar-refractivity contribution >= 4 is 17.7 Å². The quantitative estimate of drug-likeness (QED) is 0.432. The first-order valence-corrected chi connectivity index (χ1v) is 10.7. The van der Waals surface area contributed by atoms with Gasteiger partial charge in [0.25, 0.3) is 0 Å². The van der Waals surface area contributed by atoms with Crippen molar-refractivity contribution < 1.29 is 18.7 Å². The third kappa shape index (κ3) is 5.42. The minimum atomic E-state index is -0.118. The maximum atomic E-state index is 12.2. The lowest BCUT2D eigenvalue weighted by molar-refractivity contribution is -0.118. The standard InChI is InChI=1S/C19H26N6O4S/c1-4-24-12-15(18(23-24)28-5-2)17-21-22-19(25(17)8-10-27-3)30-13-16(26)20-11-14-7-6-9-29-14/h6-7,9,12H,4-5,8,10-11,13H2,1-3H3,(H,20,26). The normalized spacial score (nSPS) is 11.0. The van der Waals surface area contributed by atoms with Gasteiger partial charge in [-0.1, -0.05) is 11.8 Å². The highest BCUT2D eigenvalue weighted by Crippen LogP contribution is 2.30. The van der Waals surface area contributed by atoms with E-state index in [1.165, 1.54) is 11.8 Å². The second-order valence-corrected chi connectivity index (χ2v) is 7.17. The average molecular weight is 435 g/mol. The lowest BCUT2D eigenvalue weighted by atomic mass is 10.3. The van der Waals surface area contributed by atoms with E-state index >= 15 is 0 Å². The van der Waals surface area contributed by atoms with Crippen molar-refractivity contribution in [2.45, 2.75) is 38.6 Å². The van der Waals surface area contributed by atoms with Crippen LogP contribution in [0.25, 0.3) is 11.4 Å². The second kappa shape index (κ2) is 10.8. The molecule has 3 aromatic rings. The van der Waals surface area contributed by atoms with Crippen LogP contribution in [0, 0.1) is 0 Å². The van der Waals surface area contributed by atoms with E-state index in [2.05, 4.69) is 20.6 Å². The first kappa shape index (κ1) is 21.9. The van der Waals surface area contributed by atoms with E-state index in [0.717, 1.165) is 5.56 Å². The Morgan fingerprint density at radius 3 is 2.90 bits per heavy atom. The van der Waals surface area contributed by atoms with E-state index in [4.69, 9.17) is 13.9 Å². The van der Waals surface area contributed by atoms with Crippen LogP contribution in [0.4, 0.5) is 0 Å². The van der Waals surface area contributed by atoms with Gasteiger partial charge in [-0.3, -0.25) is 14.0 Å². The van der Waals surface area contributed by atoms with Gasteiger partial charge in [0, 0.05) is 19.9 Å². The summed E-state index contributed by atoms with van der Waals surface area (Å²) in [7, 11) is 1.64. The summed E-state index contributed by atoms with van der Waals surface area (Å²) in [6, 6.07) is 3.60. The van der Waals surface area contributed by atoms with Crippen LogP contribution in [-0.4, -0.2) is 56.5 Å². The lowest BCUT2D eigenvalue weighted by Crippen LogP contribution is -2.24. The summed E-state index contributed by atoms with van der Waals surface area (Å²) >= 11 is 1.31. The van der Waals surface area contributed by atoms with E-state index in [-0.39, 0.29) is 11.7 Å². The average Bonchev–Trinajstić information content (AvgIpc) is 3.49. The number of furan rings is 1. The van der Waals surface area contributed by atoms with Crippen molar-refractivity contribution in [3.05, 3.63) is 30.4 Å². The van der Waals surface area contributed by atoms with Gasteiger partial charge < -0.3 is 19.2 Å². The van der Waals surface area contributed by atoms with Gasteiger partial charge in [0.2, 0.25) is 11.8 Å². The summed E-state index contributed by atoms with van der Waals surface area (Å²) in [5.41, 5.74) is 0.761. The Kier molecular flexibility index (Phi) is 7.91. The number of nitrogens with zero attached hydrogens (tertiary/aromatic N) is 5. The summed E-state index contributed by atoms with van der Waals surface area (Å²) in [5.74, 6) is 1.94. The Morgan fingerprint density at radius 2 is 2.20 bits per heavy atom. The number of nitrogens with one attached hydrogen (secondary N) is 1. The fraction of sp³-hybridized carbons (Fsp3) is 0.474. The second-order valence-electron chi connectivity index (χ2n) is 6.23. The summed E-state index contributed by atoms with van der Waals surface area (Å²) in [6.45, 7) is 6.49. The number of carbonyl (C=O) groups excluding carboxylic acids is 1. The molecule has 0 aliphatic rings. The molecule has 0 radical (unpaired) electrons. The summed E-state index contributed by atoms with van der Waals surface area (Å²) in [5, 5.41) is 16.5. The molecule has 3 rings (SSSR count). The van der Waals surface area contributed by atoms with E-state index in [1.807, 2.05) is 30.7 Å². The number of rotatable bonds is 12. The molecule has 0 bridgehead atoms. The molecule has 0 aliphatic carbocycles. The van der Waals surface area contributed by atoms with Crippen LogP contribution < -0.4 is 10.1 Å². The summed E-state index contributed by atoms with van der Waals surface area (Å²) < 4.78 is 19.9. The van der Waals surface area contributed by atoms with Gasteiger partial charge in [0.1, 0.15) is 11.3 Å². The van der Waals surface area contributed by atoms with Crippen molar-refractivity contribution in [2.75, 3.05) is 26.1 Å². The maximum Gasteiger partial charge on any atom is 0.243 e. The van der Waals surface area contributed by atoms with Gasteiger partial charge in [0.05, 0.1) is 38.3 Å². The van der Waals surface area contributed by atoms with Crippen LogP contribution in [0.5, 0.6) is 5.88 Å². The number of aryl methyl sites for hydroxylation is 1. The van der Waals surface area contributed by atoms with E-state index in [1.54, 1.807) is 24.1 Å². The van der Waals surface area contributed by atoms with Crippen LogP contribution in [0.2, 0.25) is 0 Å². The van der Waals surface area contributed by atoms with E-state index in [0.29, 0.717) is 55.5 Å². The lowest BCUT2D eigenvalue weighted by Gasteiger charge is -2.09. The largest absolute Gasteiger partial charge is 0.476 e. The number of thioether (sulfide) groups is 1. The number of carbonyl (C=O) groups is 1. The monoisotopic (exact) mass is 434 g/mol. The third-order valence-corrected chi connectivity index (χ3v) is 5.15. The van der Waals surface area contributed by atoms with Crippen LogP contribution in [0.1, 0.15) is 19.6 Å². The molecule has 0 saturated carbocycles. The van der Waals surface area contributed by atoms with E-state index in [9.17, 15) is 4.79 Å². The molecule has 0 atom stereocenters. The number of ether oxygens (including phenoxy) is 2. The predicted octanol–water partition coefficient (Wildman–Crippen LogP) is 2.21. The molecule has 162 valence electrons. The fourth-order valence-electron chi connectivity index (χ4n) is 2.72. The molecule has 0 spiro atoms. The topological polar surface area (TPSA) is 109 Å². The molecule has 0 unspecified atom stereocenters. The smallest absolute Gasteiger partial charge is 0.243 e. The van der Waals surface area contributed by atoms with Crippen LogP contribution in [0.15, 0.2) is 34.2 Å². The minimum absolute atomic E-state index is 0.118. The predicted molar refractivity (Wildman–Crippen MR) is 111 cm³/mol. The zero-order valence-corrected chi connectivity index (χ0v) is 18.1. The molecule has 11 heteroatoms. The molecule has 0 fully saturated rings. The summed E-state index contributed by atoms with van der Waals surface area (Å²) in [4.78, 5) is 12.2. The molecule has 3 aromatic heterocycles. The Labute approximate surface area is 178 Å². The van der Waals surface area contributed by atoms with Gasteiger partial charge in [-0.25, -0.2) is 0 Å². The number of hydrogen-bond acceptors (Lipinski definition) is 8. The summed E-state index contributed by atoms with van der Waals surface area (Å²) in [6.07, 6.45) is 3.47. The zero-order valence-electron chi connectivity index (χ0n) is 17.3. The Balaban J connectivity index is 1.75. The highest BCUT2D eigenvalue weighted by atomic mass is 32.2. The van der Waals surface area contributed by atoms with Gasteiger partial charge in [-0.05, 0) is 26.0 Å². The van der Waals surface area contributed by atoms with Crippen molar-refractivity contribution in [1.82, 2.24) is 29.9 Å². The molecule has 0 saturated heterocycles. The first-order valence-electron chi connectivity index (χ1n) is 9.70. The highest BCUT2D eigenvalue weighted by molar-refractivity contribution is 7.99. The number of amides is 1. The molecule has 1 amide bonds. The highest BCUT2D eigenvalue weighted by Gasteiger charge is 2.21. The first-order chi connectivity index (χ1) is 14.7. The number of aromatic nitrogens is 5.